The molecule has 0 saturated heterocycles. The van der Waals surface area contributed by atoms with Gasteiger partial charge in [0.15, 0.2) is 11.5 Å². The first-order valence-electron chi connectivity index (χ1n) is 9.59. The van der Waals surface area contributed by atoms with Crippen LogP contribution >= 0.6 is 0 Å². The summed E-state index contributed by atoms with van der Waals surface area (Å²) >= 11 is 0. The van der Waals surface area contributed by atoms with Crippen LogP contribution in [0, 0.1) is 6.92 Å². The number of hydrogen-bond acceptors (Lipinski definition) is 4. The third-order valence-corrected chi connectivity index (χ3v) is 4.80. The first-order chi connectivity index (χ1) is 14.0. The fourth-order valence-electron chi connectivity index (χ4n) is 3.34. The number of hydrogen-bond donors (Lipinski definition) is 1. The molecule has 0 fully saturated rings. The maximum absolute atomic E-state index is 13.0. The molecule has 0 aliphatic carbocycles. The van der Waals surface area contributed by atoms with Gasteiger partial charge in [-0.15, -0.1) is 0 Å². The molecule has 1 aromatic heterocycles. The summed E-state index contributed by atoms with van der Waals surface area (Å²) < 4.78 is 12.6. The molecule has 0 spiro atoms. The topological polar surface area (TPSA) is 65.4 Å². The van der Waals surface area contributed by atoms with Gasteiger partial charge in [-0.25, -0.2) is 4.68 Å². The highest BCUT2D eigenvalue weighted by Crippen LogP contribution is 2.30. The second-order valence-corrected chi connectivity index (χ2v) is 7.18. The molecule has 6 nitrogen and oxygen atoms in total. The Morgan fingerprint density at radius 2 is 1.83 bits per heavy atom. The number of benzene rings is 2. The normalized spacial score (nSPS) is 10.8. The number of nitrogens with one attached hydrogen (secondary N) is 1. The minimum Gasteiger partial charge on any atom is -0.493 e. The average molecular weight is 393 g/mol. The first-order valence-corrected chi connectivity index (χ1v) is 9.59. The third kappa shape index (κ3) is 4.26. The summed E-state index contributed by atoms with van der Waals surface area (Å²) in [7, 11) is 3.18. The Morgan fingerprint density at radius 1 is 1.10 bits per heavy atom. The van der Waals surface area contributed by atoms with Gasteiger partial charge in [-0.3, -0.25) is 4.79 Å². The lowest BCUT2D eigenvalue weighted by atomic mass is 10.0. The Bertz CT molecular complexity index is 991. The molecule has 152 valence electrons. The van der Waals surface area contributed by atoms with E-state index in [1.165, 1.54) is 5.56 Å². The van der Waals surface area contributed by atoms with Crippen molar-refractivity contribution < 1.29 is 14.3 Å². The van der Waals surface area contributed by atoms with Crippen molar-refractivity contribution in [3.8, 4) is 17.2 Å². The van der Waals surface area contributed by atoms with Crippen molar-refractivity contribution >= 4 is 5.91 Å². The van der Waals surface area contributed by atoms with Gasteiger partial charge in [0.1, 0.15) is 0 Å². The smallest absolute Gasteiger partial charge is 0.255 e. The van der Waals surface area contributed by atoms with E-state index in [4.69, 9.17) is 9.47 Å². The molecular formula is C23H27N3O3. The lowest BCUT2D eigenvalue weighted by Gasteiger charge is -2.15. The summed E-state index contributed by atoms with van der Waals surface area (Å²) in [6.45, 7) is 6.49. The van der Waals surface area contributed by atoms with E-state index in [0.717, 1.165) is 16.9 Å². The number of carbonyl (C=O) groups is 1. The Hall–Kier alpha value is -3.28. The number of amides is 1. The van der Waals surface area contributed by atoms with Gasteiger partial charge in [0, 0.05) is 12.1 Å². The van der Waals surface area contributed by atoms with Crippen molar-refractivity contribution in [3.05, 3.63) is 71.0 Å². The van der Waals surface area contributed by atoms with E-state index in [1.807, 2.05) is 54.1 Å². The van der Waals surface area contributed by atoms with E-state index >= 15 is 0 Å². The number of carbonyl (C=O) groups excluding carboxylic acids is 1. The molecule has 0 saturated carbocycles. The van der Waals surface area contributed by atoms with Crippen molar-refractivity contribution in [2.45, 2.75) is 33.2 Å². The largest absolute Gasteiger partial charge is 0.493 e. The highest BCUT2D eigenvalue weighted by Gasteiger charge is 2.21. The van der Waals surface area contributed by atoms with Gasteiger partial charge in [-0.2, -0.15) is 5.10 Å². The zero-order valence-corrected chi connectivity index (χ0v) is 17.5. The van der Waals surface area contributed by atoms with E-state index in [-0.39, 0.29) is 11.8 Å². The highest BCUT2D eigenvalue weighted by molar-refractivity contribution is 5.95. The van der Waals surface area contributed by atoms with Crippen molar-refractivity contribution in [1.29, 1.82) is 0 Å². The van der Waals surface area contributed by atoms with Crippen LogP contribution in [0.2, 0.25) is 0 Å². The Balaban J connectivity index is 1.86. The lowest BCUT2D eigenvalue weighted by Crippen LogP contribution is -2.24. The van der Waals surface area contributed by atoms with Crippen LogP contribution in [0.4, 0.5) is 0 Å². The Morgan fingerprint density at radius 3 is 2.45 bits per heavy atom. The van der Waals surface area contributed by atoms with Crippen LogP contribution in [0.25, 0.3) is 5.69 Å². The average Bonchev–Trinajstić information content (AvgIpc) is 3.17. The van der Waals surface area contributed by atoms with Gasteiger partial charge in [0.05, 0.1) is 37.4 Å². The molecule has 3 aromatic rings. The van der Waals surface area contributed by atoms with Gasteiger partial charge in [0.2, 0.25) is 0 Å². The zero-order valence-electron chi connectivity index (χ0n) is 17.5. The highest BCUT2D eigenvalue weighted by atomic mass is 16.5. The van der Waals surface area contributed by atoms with Crippen LogP contribution in [0.1, 0.15) is 46.9 Å². The van der Waals surface area contributed by atoms with Crippen LogP contribution in [0.3, 0.4) is 0 Å². The van der Waals surface area contributed by atoms with E-state index in [2.05, 4.69) is 24.3 Å². The minimum absolute atomic E-state index is 0.130. The summed E-state index contributed by atoms with van der Waals surface area (Å²) in [5.41, 5.74) is 4.41. The van der Waals surface area contributed by atoms with Crippen LogP contribution in [0.5, 0.6) is 11.5 Å². The van der Waals surface area contributed by atoms with Gasteiger partial charge >= 0.3 is 0 Å². The van der Waals surface area contributed by atoms with E-state index in [1.54, 1.807) is 20.4 Å². The molecular weight excluding hydrogens is 366 g/mol. The molecule has 0 unspecified atom stereocenters. The first kappa shape index (κ1) is 20.5. The molecule has 0 bridgehead atoms. The Labute approximate surface area is 171 Å². The molecule has 29 heavy (non-hydrogen) atoms. The molecule has 6 heteroatoms. The third-order valence-electron chi connectivity index (χ3n) is 4.80. The fraction of sp³-hybridized carbons (Fsp3) is 0.304. The summed E-state index contributed by atoms with van der Waals surface area (Å²) in [6, 6.07) is 13.7. The minimum atomic E-state index is -0.170. The second kappa shape index (κ2) is 8.82. The summed E-state index contributed by atoms with van der Waals surface area (Å²) in [4.78, 5) is 13.0. The van der Waals surface area contributed by atoms with Crippen LogP contribution in [0.15, 0.2) is 48.7 Å². The van der Waals surface area contributed by atoms with Crippen molar-refractivity contribution in [2.75, 3.05) is 14.2 Å². The molecule has 1 N–H and O–H groups in total. The van der Waals surface area contributed by atoms with Gasteiger partial charge in [-0.1, -0.05) is 43.7 Å². The maximum atomic E-state index is 13.0. The molecule has 0 aliphatic heterocycles. The maximum Gasteiger partial charge on any atom is 0.255 e. The second-order valence-electron chi connectivity index (χ2n) is 7.18. The molecule has 0 aliphatic rings. The predicted molar refractivity (Wildman–Crippen MR) is 113 cm³/mol. The van der Waals surface area contributed by atoms with Gasteiger partial charge in [0.25, 0.3) is 5.91 Å². The molecule has 2 aromatic carbocycles. The predicted octanol–water partition coefficient (Wildman–Crippen LogP) is 4.25. The van der Waals surface area contributed by atoms with Crippen LogP contribution < -0.4 is 14.8 Å². The summed E-state index contributed by atoms with van der Waals surface area (Å²) in [6.07, 6.45) is 1.63. The van der Waals surface area contributed by atoms with E-state index in [9.17, 15) is 4.79 Å². The number of rotatable bonds is 7. The lowest BCUT2D eigenvalue weighted by molar-refractivity contribution is 0.0949. The zero-order chi connectivity index (χ0) is 21.0. The van der Waals surface area contributed by atoms with Gasteiger partial charge < -0.3 is 14.8 Å². The van der Waals surface area contributed by atoms with Crippen molar-refractivity contribution in [2.24, 2.45) is 0 Å². The number of aromatic nitrogens is 2. The number of ether oxygens (including phenoxy) is 2. The van der Waals surface area contributed by atoms with Gasteiger partial charge in [-0.05, 0) is 31.0 Å². The molecule has 0 radical (unpaired) electrons. The quantitative estimate of drug-likeness (QED) is 0.652. The SMILES string of the molecule is COc1cccc(CNC(=O)c2cnn(-c3ccc(C)cc3)c2C(C)C)c1OC. The van der Waals surface area contributed by atoms with Crippen LogP contribution in [-0.4, -0.2) is 29.9 Å². The molecule has 0 atom stereocenters. The monoisotopic (exact) mass is 393 g/mol. The Kier molecular flexibility index (Phi) is 6.22. The molecule has 1 amide bonds. The molecule has 3 rings (SSSR count). The van der Waals surface area contributed by atoms with Crippen molar-refractivity contribution in [1.82, 2.24) is 15.1 Å². The fourth-order valence-corrected chi connectivity index (χ4v) is 3.34. The van der Waals surface area contributed by atoms with Crippen molar-refractivity contribution in [3.63, 3.8) is 0 Å². The number of methoxy groups -OCH3 is 2. The summed E-state index contributed by atoms with van der Waals surface area (Å²) in [5.74, 6) is 1.21. The number of nitrogens with zero attached hydrogens (tertiary/aromatic N) is 2. The number of para-hydroxylation sites is 1. The standard InChI is InChI=1S/C23H27N3O3/c1-15(2)21-19(14-25-26(21)18-11-9-16(3)10-12-18)23(27)24-13-17-7-6-8-20(28-4)22(17)29-5/h6-12,14-15H,13H2,1-5H3,(H,24,27). The van der Waals surface area contributed by atoms with Crippen LogP contribution in [-0.2, 0) is 6.54 Å². The number of aryl methyl sites for hydroxylation is 1. The van der Waals surface area contributed by atoms with E-state index < -0.39 is 0 Å². The summed E-state index contributed by atoms with van der Waals surface area (Å²) in [5, 5.41) is 7.47. The molecule has 1 heterocycles. The van der Waals surface area contributed by atoms with E-state index in [0.29, 0.717) is 23.6 Å².